The molecule has 0 atom stereocenters. The van der Waals surface area contributed by atoms with Crippen LogP contribution in [0.1, 0.15) is 6.92 Å². The van der Waals surface area contributed by atoms with Gasteiger partial charge in [-0.15, -0.1) is 0 Å². The monoisotopic (exact) mass is 378 g/mol. The average Bonchev–Trinajstić information content (AvgIpc) is 2.74. The number of nitro groups is 1. The van der Waals surface area contributed by atoms with E-state index in [-0.39, 0.29) is 11.5 Å². The number of hydrogen-bond acceptors (Lipinski definition) is 7. The highest BCUT2D eigenvalue weighted by Gasteiger charge is 2.29. The maximum Gasteiger partial charge on any atom is 0.353 e. The van der Waals surface area contributed by atoms with E-state index in [1.54, 1.807) is 0 Å². The lowest BCUT2D eigenvalue weighted by atomic mass is 10.1. The Balaban J connectivity index is 1.71. The van der Waals surface area contributed by atoms with Gasteiger partial charge in [0.05, 0.1) is 4.92 Å². The molecule has 144 valence electrons. The number of aromatic nitrogens is 2. The molecular formula is C20H22N6O2. The normalized spacial score (nSPS) is 15.0. The van der Waals surface area contributed by atoms with Crippen LogP contribution in [0.4, 0.5) is 23.0 Å². The number of fused-ring (bicyclic) bond motifs is 1. The summed E-state index contributed by atoms with van der Waals surface area (Å²) in [6.07, 6.45) is 1.39. The van der Waals surface area contributed by atoms with Crippen LogP contribution in [0.3, 0.4) is 0 Å². The highest BCUT2D eigenvalue weighted by Crippen LogP contribution is 2.35. The average molecular weight is 378 g/mol. The minimum atomic E-state index is -0.394. The predicted molar refractivity (Wildman–Crippen MR) is 110 cm³/mol. The molecule has 0 bridgehead atoms. The van der Waals surface area contributed by atoms with Gasteiger partial charge in [0.25, 0.3) is 0 Å². The van der Waals surface area contributed by atoms with Crippen LogP contribution < -0.4 is 10.2 Å². The van der Waals surface area contributed by atoms with Crippen LogP contribution in [-0.2, 0) is 0 Å². The Labute approximate surface area is 163 Å². The molecule has 1 saturated heterocycles. The van der Waals surface area contributed by atoms with Gasteiger partial charge in [0.15, 0.2) is 0 Å². The van der Waals surface area contributed by atoms with E-state index in [0.717, 1.165) is 36.1 Å². The fraction of sp³-hybridized carbons (Fsp3) is 0.300. The second-order valence-corrected chi connectivity index (χ2v) is 6.72. The lowest BCUT2D eigenvalue weighted by molar-refractivity contribution is -0.383. The zero-order chi connectivity index (χ0) is 19.5. The van der Waals surface area contributed by atoms with Crippen LogP contribution in [0.25, 0.3) is 10.8 Å². The van der Waals surface area contributed by atoms with Crippen LogP contribution >= 0.6 is 0 Å². The first-order valence-corrected chi connectivity index (χ1v) is 9.39. The van der Waals surface area contributed by atoms with Crippen molar-refractivity contribution in [1.29, 1.82) is 0 Å². The molecule has 8 nitrogen and oxygen atoms in total. The van der Waals surface area contributed by atoms with Gasteiger partial charge in [0.2, 0.25) is 11.6 Å². The van der Waals surface area contributed by atoms with Gasteiger partial charge in [-0.2, -0.15) is 0 Å². The third kappa shape index (κ3) is 3.46. The maximum absolute atomic E-state index is 11.9. The summed E-state index contributed by atoms with van der Waals surface area (Å²) < 4.78 is 0. The third-order valence-corrected chi connectivity index (χ3v) is 5.15. The van der Waals surface area contributed by atoms with Crippen molar-refractivity contribution in [2.45, 2.75) is 6.92 Å². The van der Waals surface area contributed by atoms with Crippen molar-refractivity contribution in [3.05, 3.63) is 58.9 Å². The summed E-state index contributed by atoms with van der Waals surface area (Å²) in [4.78, 5) is 24.2. The summed E-state index contributed by atoms with van der Waals surface area (Å²) >= 11 is 0. The topological polar surface area (TPSA) is 87.4 Å². The van der Waals surface area contributed by atoms with E-state index >= 15 is 0 Å². The van der Waals surface area contributed by atoms with Crippen LogP contribution in [-0.4, -0.2) is 52.5 Å². The zero-order valence-electron chi connectivity index (χ0n) is 15.7. The smallest absolute Gasteiger partial charge is 0.348 e. The van der Waals surface area contributed by atoms with E-state index in [4.69, 9.17) is 0 Å². The highest BCUT2D eigenvalue weighted by atomic mass is 16.6. The first-order valence-electron chi connectivity index (χ1n) is 9.39. The fourth-order valence-corrected chi connectivity index (χ4v) is 3.60. The van der Waals surface area contributed by atoms with E-state index in [1.165, 1.54) is 6.33 Å². The summed E-state index contributed by atoms with van der Waals surface area (Å²) in [5, 5.41) is 17.1. The molecule has 1 aromatic heterocycles. The standard InChI is InChI=1S/C20H22N6O2/c1-2-24-10-12-25(13-11-24)20-18(26(27)28)19(21-14-22-20)23-17-9-5-7-15-6-3-4-8-16(15)17/h3-9,14H,2,10-13H2,1H3,(H,21,22,23). The molecular weight excluding hydrogens is 356 g/mol. The molecule has 0 unspecified atom stereocenters. The first kappa shape index (κ1) is 18.1. The molecule has 2 heterocycles. The number of anilines is 3. The van der Waals surface area contributed by atoms with E-state index in [2.05, 4.69) is 27.1 Å². The van der Waals surface area contributed by atoms with Crippen molar-refractivity contribution in [3.63, 3.8) is 0 Å². The molecule has 0 spiro atoms. The Hall–Kier alpha value is -3.26. The van der Waals surface area contributed by atoms with Crippen molar-refractivity contribution in [2.24, 2.45) is 0 Å². The summed E-state index contributed by atoms with van der Waals surface area (Å²) in [6.45, 7) is 6.24. The van der Waals surface area contributed by atoms with Crippen LogP contribution in [0, 0.1) is 10.1 Å². The van der Waals surface area contributed by atoms with Gasteiger partial charge in [0, 0.05) is 37.3 Å². The molecule has 1 fully saturated rings. The Morgan fingerprint density at radius 3 is 2.57 bits per heavy atom. The van der Waals surface area contributed by atoms with E-state index in [9.17, 15) is 10.1 Å². The van der Waals surface area contributed by atoms with Gasteiger partial charge in [-0.05, 0) is 18.0 Å². The van der Waals surface area contributed by atoms with Gasteiger partial charge >= 0.3 is 5.69 Å². The van der Waals surface area contributed by atoms with Crippen molar-refractivity contribution >= 4 is 33.8 Å². The predicted octanol–water partition coefficient (Wildman–Crippen LogP) is 3.42. The van der Waals surface area contributed by atoms with E-state index in [1.807, 2.05) is 47.4 Å². The van der Waals surface area contributed by atoms with Crippen LogP contribution in [0.5, 0.6) is 0 Å². The SMILES string of the molecule is CCN1CCN(c2ncnc(Nc3cccc4ccccc34)c2[N+](=O)[O-])CC1. The first-order chi connectivity index (χ1) is 13.7. The third-order valence-electron chi connectivity index (χ3n) is 5.15. The van der Waals surface area contributed by atoms with Gasteiger partial charge in [-0.1, -0.05) is 43.3 Å². The second-order valence-electron chi connectivity index (χ2n) is 6.72. The molecule has 1 N–H and O–H groups in total. The molecule has 28 heavy (non-hydrogen) atoms. The quantitative estimate of drug-likeness (QED) is 0.537. The summed E-state index contributed by atoms with van der Waals surface area (Å²) in [5.74, 6) is 0.586. The van der Waals surface area contributed by atoms with Gasteiger partial charge in [-0.3, -0.25) is 10.1 Å². The molecule has 0 saturated carbocycles. The number of nitrogens with one attached hydrogen (secondary N) is 1. The largest absolute Gasteiger partial charge is 0.353 e. The number of likely N-dealkylation sites (N-methyl/N-ethyl adjacent to an activating group) is 1. The van der Waals surface area contributed by atoms with Gasteiger partial charge in [0.1, 0.15) is 6.33 Å². The zero-order valence-corrected chi connectivity index (χ0v) is 15.7. The number of piperazine rings is 1. The van der Waals surface area contributed by atoms with Crippen LogP contribution in [0.15, 0.2) is 48.8 Å². The second kappa shape index (κ2) is 7.77. The number of nitrogens with zero attached hydrogens (tertiary/aromatic N) is 5. The fourth-order valence-electron chi connectivity index (χ4n) is 3.60. The van der Waals surface area contributed by atoms with Crippen molar-refractivity contribution in [2.75, 3.05) is 42.9 Å². The van der Waals surface area contributed by atoms with Gasteiger partial charge in [-0.25, -0.2) is 9.97 Å². The Morgan fingerprint density at radius 2 is 1.82 bits per heavy atom. The van der Waals surface area contributed by atoms with Crippen molar-refractivity contribution in [3.8, 4) is 0 Å². The lowest BCUT2D eigenvalue weighted by Gasteiger charge is -2.34. The molecule has 0 aliphatic carbocycles. The molecule has 0 radical (unpaired) electrons. The Bertz CT molecular complexity index is 996. The molecule has 4 rings (SSSR count). The molecule has 0 amide bonds. The molecule has 2 aromatic carbocycles. The van der Waals surface area contributed by atoms with Gasteiger partial charge < -0.3 is 15.1 Å². The molecule has 1 aliphatic rings. The Kier molecular flexibility index (Phi) is 5.03. The minimum Gasteiger partial charge on any atom is -0.348 e. The minimum absolute atomic E-state index is 0.0830. The summed E-state index contributed by atoms with van der Waals surface area (Å²) in [5.41, 5.74) is 0.696. The van der Waals surface area contributed by atoms with E-state index < -0.39 is 4.92 Å². The molecule has 3 aromatic rings. The molecule has 8 heteroatoms. The molecule has 1 aliphatic heterocycles. The van der Waals surface area contributed by atoms with Crippen LogP contribution in [0.2, 0.25) is 0 Å². The Morgan fingerprint density at radius 1 is 1.07 bits per heavy atom. The highest BCUT2D eigenvalue weighted by molar-refractivity contribution is 5.96. The number of hydrogen-bond donors (Lipinski definition) is 1. The maximum atomic E-state index is 11.9. The van der Waals surface area contributed by atoms with Crippen molar-refractivity contribution in [1.82, 2.24) is 14.9 Å². The van der Waals surface area contributed by atoms with E-state index in [0.29, 0.717) is 18.9 Å². The summed E-state index contributed by atoms with van der Waals surface area (Å²) in [7, 11) is 0. The number of benzene rings is 2. The summed E-state index contributed by atoms with van der Waals surface area (Å²) in [6, 6.07) is 13.7. The van der Waals surface area contributed by atoms with Crippen molar-refractivity contribution < 1.29 is 4.92 Å². The number of rotatable bonds is 5. The lowest BCUT2D eigenvalue weighted by Crippen LogP contribution is -2.46.